The van der Waals surface area contributed by atoms with E-state index in [4.69, 9.17) is 23.2 Å². The zero-order valence-electron chi connectivity index (χ0n) is 12.2. The lowest BCUT2D eigenvalue weighted by Gasteiger charge is -2.12. The Morgan fingerprint density at radius 3 is 2.00 bits per heavy atom. The smallest absolute Gasteiger partial charge is 0.138 e. The first-order chi connectivity index (χ1) is 11.2. The van der Waals surface area contributed by atoms with Crippen molar-refractivity contribution in [1.82, 2.24) is 0 Å². The van der Waals surface area contributed by atoms with E-state index in [1.807, 2.05) is 78.9 Å². The lowest BCUT2D eigenvalue weighted by molar-refractivity contribution is 1.46. The van der Waals surface area contributed by atoms with Gasteiger partial charge in [0.15, 0.2) is 0 Å². The molecule has 0 atom stereocenters. The molecule has 3 rings (SSSR count). The fourth-order valence-corrected chi connectivity index (χ4v) is 2.47. The monoisotopic (exact) mass is 340 g/mol. The van der Waals surface area contributed by atoms with Crippen LogP contribution in [0.5, 0.6) is 0 Å². The summed E-state index contributed by atoms with van der Waals surface area (Å²) in [6.45, 7) is 0. The number of hydrogen-bond donors (Lipinski definition) is 1. The Labute approximate surface area is 145 Å². The SMILES string of the molecule is Clc1ccccc1N=C(Nc1ccccc1Cl)c1ccccc1. The molecule has 1 N–H and O–H groups in total. The highest BCUT2D eigenvalue weighted by molar-refractivity contribution is 6.34. The standard InChI is InChI=1S/C19H14Cl2N2/c20-15-10-4-6-12-17(15)22-19(14-8-2-1-3-9-14)23-18-13-7-5-11-16(18)21/h1-13H,(H,22,23). The van der Waals surface area contributed by atoms with Crippen molar-refractivity contribution >= 4 is 40.4 Å². The van der Waals surface area contributed by atoms with Crippen LogP contribution in [0.4, 0.5) is 11.4 Å². The average Bonchev–Trinajstić information content (AvgIpc) is 2.59. The molecule has 0 fully saturated rings. The van der Waals surface area contributed by atoms with Crippen molar-refractivity contribution in [3.63, 3.8) is 0 Å². The van der Waals surface area contributed by atoms with Gasteiger partial charge in [-0.25, -0.2) is 4.99 Å². The maximum absolute atomic E-state index is 6.25. The van der Waals surface area contributed by atoms with Crippen LogP contribution in [0.2, 0.25) is 10.0 Å². The zero-order valence-corrected chi connectivity index (χ0v) is 13.7. The number of benzene rings is 3. The topological polar surface area (TPSA) is 24.4 Å². The Morgan fingerprint density at radius 1 is 0.696 bits per heavy atom. The van der Waals surface area contributed by atoms with Gasteiger partial charge in [0.05, 0.1) is 21.4 Å². The van der Waals surface area contributed by atoms with Gasteiger partial charge in [-0.05, 0) is 24.3 Å². The quantitative estimate of drug-likeness (QED) is 0.446. The second-order valence-corrected chi connectivity index (χ2v) is 5.70. The molecule has 4 heteroatoms. The van der Waals surface area contributed by atoms with Crippen LogP contribution in [0.15, 0.2) is 83.9 Å². The molecular weight excluding hydrogens is 327 g/mol. The summed E-state index contributed by atoms with van der Waals surface area (Å²) in [5, 5.41) is 4.53. The molecule has 0 unspecified atom stereocenters. The molecule has 0 saturated heterocycles. The van der Waals surface area contributed by atoms with E-state index in [-0.39, 0.29) is 0 Å². The molecule has 3 aromatic rings. The van der Waals surface area contributed by atoms with E-state index in [2.05, 4.69) is 10.3 Å². The molecular formula is C19H14Cl2N2. The predicted molar refractivity (Wildman–Crippen MR) is 99.2 cm³/mol. The summed E-state index contributed by atoms with van der Waals surface area (Å²) in [7, 11) is 0. The number of halogens is 2. The number of nitrogens with one attached hydrogen (secondary N) is 1. The van der Waals surface area contributed by atoms with Crippen LogP contribution in [-0.4, -0.2) is 5.84 Å². The second kappa shape index (κ2) is 7.32. The summed E-state index contributed by atoms with van der Waals surface area (Å²) in [5.74, 6) is 0.687. The molecule has 114 valence electrons. The number of rotatable bonds is 3. The Morgan fingerprint density at radius 2 is 1.30 bits per heavy atom. The van der Waals surface area contributed by atoms with Crippen molar-refractivity contribution in [2.24, 2.45) is 4.99 Å². The molecule has 0 radical (unpaired) electrons. The van der Waals surface area contributed by atoms with Crippen LogP contribution >= 0.6 is 23.2 Å². The predicted octanol–water partition coefficient (Wildman–Crippen LogP) is 6.18. The van der Waals surface area contributed by atoms with Crippen molar-refractivity contribution in [1.29, 1.82) is 0 Å². The van der Waals surface area contributed by atoms with Gasteiger partial charge in [-0.2, -0.15) is 0 Å². The van der Waals surface area contributed by atoms with E-state index >= 15 is 0 Å². The van der Waals surface area contributed by atoms with Crippen LogP contribution < -0.4 is 5.32 Å². The Balaban J connectivity index is 2.05. The third-order valence-electron chi connectivity index (χ3n) is 3.26. The molecule has 0 aliphatic carbocycles. The van der Waals surface area contributed by atoms with Gasteiger partial charge in [0.1, 0.15) is 5.84 Å². The highest BCUT2D eigenvalue weighted by atomic mass is 35.5. The third-order valence-corrected chi connectivity index (χ3v) is 3.91. The van der Waals surface area contributed by atoms with Gasteiger partial charge < -0.3 is 5.32 Å². The Hall–Kier alpha value is -2.29. The molecule has 3 aromatic carbocycles. The summed E-state index contributed by atoms with van der Waals surface area (Å²) in [6.07, 6.45) is 0. The van der Waals surface area contributed by atoms with Gasteiger partial charge in [0.25, 0.3) is 0 Å². The van der Waals surface area contributed by atoms with Crippen molar-refractivity contribution in [2.45, 2.75) is 0 Å². The summed E-state index contributed by atoms with van der Waals surface area (Å²) in [4.78, 5) is 4.68. The van der Waals surface area contributed by atoms with Crippen molar-refractivity contribution in [3.8, 4) is 0 Å². The zero-order chi connectivity index (χ0) is 16.1. The number of amidine groups is 1. The average molecular weight is 341 g/mol. The minimum absolute atomic E-state index is 0.599. The van der Waals surface area contributed by atoms with Gasteiger partial charge in [-0.15, -0.1) is 0 Å². The first kappa shape index (κ1) is 15.6. The van der Waals surface area contributed by atoms with Gasteiger partial charge in [0.2, 0.25) is 0 Å². The fraction of sp³-hybridized carbons (Fsp3) is 0. The summed E-state index contributed by atoms with van der Waals surface area (Å²) in [5.41, 5.74) is 2.45. The molecule has 0 bridgehead atoms. The number of anilines is 1. The lowest BCUT2D eigenvalue weighted by Crippen LogP contribution is -2.13. The molecule has 0 aromatic heterocycles. The van der Waals surface area contributed by atoms with Gasteiger partial charge >= 0.3 is 0 Å². The number of nitrogens with zero attached hydrogens (tertiary/aromatic N) is 1. The molecule has 0 aliphatic rings. The summed E-state index contributed by atoms with van der Waals surface area (Å²) in [6, 6.07) is 24.9. The van der Waals surface area contributed by atoms with E-state index in [9.17, 15) is 0 Å². The molecule has 0 saturated carbocycles. The number of para-hydroxylation sites is 2. The van der Waals surface area contributed by atoms with Crippen molar-refractivity contribution < 1.29 is 0 Å². The molecule has 2 nitrogen and oxygen atoms in total. The van der Waals surface area contributed by atoms with Crippen LogP contribution in [0.25, 0.3) is 0 Å². The second-order valence-electron chi connectivity index (χ2n) is 4.88. The maximum Gasteiger partial charge on any atom is 0.138 e. The highest BCUT2D eigenvalue weighted by Crippen LogP contribution is 2.26. The summed E-state index contributed by atoms with van der Waals surface area (Å²) < 4.78 is 0. The van der Waals surface area contributed by atoms with Crippen molar-refractivity contribution in [2.75, 3.05) is 5.32 Å². The summed E-state index contributed by atoms with van der Waals surface area (Å²) >= 11 is 12.5. The van der Waals surface area contributed by atoms with Gasteiger partial charge in [0, 0.05) is 5.56 Å². The Kier molecular flexibility index (Phi) is 4.96. The number of hydrogen-bond acceptors (Lipinski definition) is 1. The highest BCUT2D eigenvalue weighted by Gasteiger charge is 2.08. The molecule has 0 aliphatic heterocycles. The van der Waals surface area contributed by atoms with Gasteiger partial charge in [-0.3, -0.25) is 0 Å². The number of aliphatic imine (C=N–C) groups is 1. The molecule has 0 heterocycles. The minimum atomic E-state index is 0.599. The third kappa shape index (κ3) is 3.92. The molecule has 23 heavy (non-hydrogen) atoms. The first-order valence-electron chi connectivity index (χ1n) is 7.14. The van der Waals surface area contributed by atoms with Crippen molar-refractivity contribution in [3.05, 3.63) is 94.5 Å². The molecule has 0 amide bonds. The van der Waals surface area contributed by atoms with E-state index < -0.39 is 0 Å². The Bertz CT molecular complexity index is 830. The van der Waals surface area contributed by atoms with Crippen LogP contribution in [0.1, 0.15) is 5.56 Å². The lowest BCUT2D eigenvalue weighted by atomic mass is 10.2. The van der Waals surface area contributed by atoms with Gasteiger partial charge in [-0.1, -0.05) is 77.8 Å². The molecule has 0 spiro atoms. The van der Waals surface area contributed by atoms with E-state index in [1.54, 1.807) is 0 Å². The normalized spacial score (nSPS) is 11.3. The van der Waals surface area contributed by atoms with E-state index in [0.29, 0.717) is 21.6 Å². The van der Waals surface area contributed by atoms with E-state index in [1.165, 1.54) is 0 Å². The fourth-order valence-electron chi connectivity index (χ4n) is 2.11. The van der Waals surface area contributed by atoms with Crippen LogP contribution in [-0.2, 0) is 0 Å². The van der Waals surface area contributed by atoms with E-state index in [0.717, 1.165) is 11.3 Å². The maximum atomic E-state index is 6.25. The largest absolute Gasteiger partial charge is 0.338 e. The van der Waals surface area contributed by atoms with Crippen LogP contribution in [0, 0.1) is 0 Å². The first-order valence-corrected chi connectivity index (χ1v) is 7.90. The minimum Gasteiger partial charge on any atom is -0.338 e. The van der Waals surface area contributed by atoms with Crippen LogP contribution in [0.3, 0.4) is 0 Å².